The van der Waals surface area contributed by atoms with Gasteiger partial charge >= 0.3 is 6.01 Å². The first kappa shape index (κ1) is 14.0. The molecule has 0 bridgehead atoms. The van der Waals surface area contributed by atoms with E-state index in [1.165, 1.54) is 13.3 Å². The van der Waals surface area contributed by atoms with E-state index in [0.29, 0.717) is 23.5 Å². The van der Waals surface area contributed by atoms with Crippen LogP contribution in [-0.4, -0.2) is 36.3 Å². The fraction of sp³-hybridized carbons (Fsp3) is 0.636. The molecule has 0 aliphatic carbocycles. The highest BCUT2D eigenvalue weighted by Crippen LogP contribution is 2.19. The standard InChI is InChI=1S/C11H18ClN3O2/c1-8(2)17-6-4-5-13-10-9(12)7-14-11(15-10)16-3/h7-8H,4-6H2,1-3H3,(H,13,14,15). The highest BCUT2D eigenvalue weighted by molar-refractivity contribution is 6.32. The molecule has 17 heavy (non-hydrogen) atoms. The molecule has 1 aromatic heterocycles. The van der Waals surface area contributed by atoms with E-state index < -0.39 is 0 Å². The van der Waals surface area contributed by atoms with Gasteiger partial charge in [-0.2, -0.15) is 4.98 Å². The van der Waals surface area contributed by atoms with Gasteiger partial charge in [0, 0.05) is 13.2 Å². The number of rotatable bonds is 7. The Morgan fingerprint density at radius 3 is 2.88 bits per heavy atom. The van der Waals surface area contributed by atoms with Crippen LogP contribution in [0.15, 0.2) is 6.20 Å². The van der Waals surface area contributed by atoms with E-state index >= 15 is 0 Å². The molecule has 1 heterocycles. The Kier molecular flexibility index (Phi) is 6.00. The van der Waals surface area contributed by atoms with E-state index in [-0.39, 0.29) is 6.10 Å². The van der Waals surface area contributed by atoms with Crippen molar-refractivity contribution >= 4 is 17.4 Å². The van der Waals surface area contributed by atoms with E-state index in [1.54, 1.807) is 0 Å². The molecule has 96 valence electrons. The molecular formula is C11H18ClN3O2. The number of methoxy groups -OCH3 is 1. The normalized spacial score (nSPS) is 10.6. The molecular weight excluding hydrogens is 242 g/mol. The summed E-state index contributed by atoms with van der Waals surface area (Å²) in [6, 6.07) is 0.301. The Balaban J connectivity index is 2.35. The lowest BCUT2D eigenvalue weighted by molar-refractivity contribution is 0.0787. The van der Waals surface area contributed by atoms with E-state index in [2.05, 4.69) is 15.3 Å². The molecule has 1 rings (SSSR count). The monoisotopic (exact) mass is 259 g/mol. The van der Waals surface area contributed by atoms with Gasteiger partial charge in [-0.3, -0.25) is 0 Å². The molecule has 1 N–H and O–H groups in total. The van der Waals surface area contributed by atoms with Crippen LogP contribution in [0.25, 0.3) is 0 Å². The van der Waals surface area contributed by atoms with Gasteiger partial charge < -0.3 is 14.8 Å². The van der Waals surface area contributed by atoms with Gasteiger partial charge in [0.15, 0.2) is 5.82 Å². The summed E-state index contributed by atoms with van der Waals surface area (Å²) in [4.78, 5) is 8.00. The Labute approximate surface area is 107 Å². The number of anilines is 1. The van der Waals surface area contributed by atoms with Crippen molar-refractivity contribution in [2.75, 3.05) is 25.6 Å². The van der Waals surface area contributed by atoms with Crippen LogP contribution in [-0.2, 0) is 4.74 Å². The van der Waals surface area contributed by atoms with Crippen molar-refractivity contribution in [3.05, 3.63) is 11.2 Å². The first-order valence-electron chi connectivity index (χ1n) is 5.55. The quantitative estimate of drug-likeness (QED) is 0.762. The van der Waals surface area contributed by atoms with Gasteiger partial charge in [0.25, 0.3) is 0 Å². The highest BCUT2D eigenvalue weighted by atomic mass is 35.5. The lowest BCUT2D eigenvalue weighted by Crippen LogP contribution is -2.10. The third kappa shape index (κ3) is 5.19. The maximum atomic E-state index is 5.94. The number of halogens is 1. The van der Waals surface area contributed by atoms with Gasteiger partial charge in [0.1, 0.15) is 5.02 Å². The molecule has 0 aliphatic rings. The van der Waals surface area contributed by atoms with E-state index in [4.69, 9.17) is 21.1 Å². The fourth-order valence-electron chi connectivity index (χ4n) is 1.17. The largest absolute Gasteiger partial charge is 0.467 e. The van der Waals surface area contributed by atoms with Gasteiger partial charge in [-0.25, -0.2) is 4.98 Å². The van der Waals surface area contributed by atoms with Gasteiger partial charge in [-0.05, 0) is 20.3 Å². The van der Waals surface area contributed by atoms with Crippen molar-refractivity contribution in [1.82, 2.24) is 9.97 Å². The van der Waals surface area contributed by atoms with Crippen LogP contribution in [0.5, 0.6) is 6.01 Å². The average Bonchev–Trinajstić information content (AvgIpc) is 2.30. The van der Waals surface area contributed by atoms with E-state index in [0.717, 1.165) is 13.0 Å². The van der Waals surface area contributed by atoms with E-state index in [1.807, 2.05) is 13.8 Å². The number of hydrogen-bond donors (Lipinski definition) is 1. The predicted molar refractivity (Wildman–Crippen MR) is 67.8 cm³/mol. The number of hydrogen-bond acceptors (Lipinski definition) is 5. The molecule has 0 aliphatic heterocycles. The molecule has 0 spiro atoms. The van der Waals surface area contributed by atoms with Crippen LogP contribution in [0.1, 0.15) is 20.3 Å². The second-order valence-electron chi connectivity index (χ2n) is 3.75. The third-order valence-electron chi connectivity index (χ3n) is 1.97. The molecule has 0 radical (unpaired) electrons. The molecule has 0 amide bonds. The second-order valence-corrected chi connectivity index (χ2v) is 4.16. The number of nitrogens with zero attached hydrogens (tertiary/aromatic N) is 2. The average molecular weight is 260 g/mol. The van der Waals surface area contributed by atoms with Gasteiger partial charge in [-0.1, -0.05) is 11.6 Å². The van der Waals surface area contributed by atoms with Crippen LogP contribution >= 0.6 is 11.6 Å². The Hall–Kier alpha value is -1.07. The lowest BCUT2D eigenvalue weighted by atomic mass is 10.4. The minimum atomic E-state index is 0.262. The summed E-state index contributed by atoms with van der Waals surface area (Å²) in [5.41, 5.74) is 0. The smallest absolute Gasteiger partial charge is 0.318 e. The summed E-state index contributed by atoms with van der Waals surface area (Å²) in [5, 5.41) is 3.60. The molecule has 0 atom stereocenters. The lowest BCUT2D eigenvalue weighted by Gasteiger charge is -2.09. The number of nitrogens with one attached hydrogen (secondary N) is 1. The molecule has 0 aromatic carbocycles. The molecule has 0 saturated carbocycles. The first-order chi connectivity index (χ1) is 8.13. The van der Waals surface area contributed by atoms with Crippen molar-refractivity contribution in [3.8, 4) is 6.01 Å². The summed E-state index contributed by atoms with van der Waals surface area (Å²) in [5.74, 6) is 0.586. The summed E-state index contributed by atoms with van der Waals surface area (Å²) >= 11 is 5.94. The summed E-state index contributed by atoms with van der Waals surface area (Å²) in [7, 11) is 1.52. The SMILES string of the molecule is COc1ncc(Cl)c(NCCCOC(C)C)n1. The van der Waals surface area contributed by atoms with Crippen molar-refractivity contribution < 1.29 is 9.47 Å². The van der Waals surface area contributed by atoms with Crippen molar-refractivity contribution in [2.24, 2.45) is 0 Å². The molecule has 1 aromatic rings. The van der Waals surface area contributed by atoms with Crippen LogP contribution < -0.4 is 10.1 Å². The van der Waals surface area contributed by atoms with Crippen LogP contribution in [0.3, 0.4) is 0 Å². The fourth-order valence-corrected chi connectivity index (χ4v) is 1.33. The zero-order valence-corrected chi connectivity index (χ0v) is 11.1. The van der Waals surface area contributed by atoms with Gasteiger partial charge in [0.2, 0.25) is 0 Å². The maximum absolute atomic E-state index is 5.94. The Morgan fingerprint density at radius 2 is 2.24 bits per heavy atom. The Bertz CT molecular complexity index is 347. The minimum absolute atomic E-state index is 0.262. The van der Waals surface area contributed by atoms with Crippen molar-refractivity contribution in [1.29, 1.82) is 0 Å². The van der Waals surface area contributed by atoms with Crippen LogP contribution in [0, 0.1) is 0 Å². The molecule has 6 heteroatoms. The third-order valence-corrected chi connectivity index (χ3v) is 2.25. The topological polar surface area (TPSA) is 56.3 Å². The number of aromatic nitrogens is 2. The van der Waals surface area contributed by atoms with Crippen LogP contribution in [0.4, 0.5) is 5.82 Å². The molecule has 0 unspecified atom stereocenters. The highest BCUT2D eigenvalue weighted by Gasteiger charge is 2.04. The summed E-state index contributed by atoms with van der Waals surface area (Å²) in [6.07, 6.45) is 2.67. The predicted octanol–water partition coefficient (Wildman–Crippen LogP) is 2.37. The summed E-state index contributed by atoms with van der Waals surface area (Å²) in [6.45, 7) is 5.48. The van der Waals surface area contributed by atoms with E-state index in [9.17, 15) is 0 Å². The van der Waals surface area contributed by atoms with Crippen LogP contribution in [0.2, 0.25) is 5.02 Å². The Morgan fingerprint density at radius 1 is 1.47 bits per heavy atom. The molecule has 0 fully saturated rings. The maximum Gasteiger partial charge on any atom is 0.318 e. The van der Waals surface area contributed by atoms with Crippen molar-refractivity contribution in [2.45, 2.75) is 26.4 Å². The summed E-state index contributed by atoms with van der Waals surface area (Å²) < 4.78 is 10.3. The number of ether oxygens (including phenoxy) is 2. The van der Waals surface area contributed by atoms with Gasteiger partial charge in [0.05, 0.1) is 19.4 Å². The van der Waals surface area contributed by atoms with Crippen molar-refractivity contribution in [3.63, 3.8) is 0 Å². The van der Waals surface area contributed by atoms with Gasteiger partial charge in [-0.15, -0.1) is 0 Å². The molecule has 0 saturated heterocycles. The first-order valence-corrected chi connectivity index (χ1v) is 5.93. The zero-order chi connectivity index (χ0) is 12.7. The second kappa shape index (κ2) is 7.29. The zero-order valence-electron chi connectivity index (χ0n) is 10.4. The minimum Gasteiger partial charge on any atom is -0.467 e. The molecule has 5 nitrogen and oxygen atoms in total.